The molecule has 3 aromatic carbocycles. The average molecular weight is 368 g/mol. The van der Waals surface area contributed by atoms with Crippen LogP contribution < -0.4 is 5.32 Å². The first kappa shape index (κ1) is 15.8. The maximum atomic E-state index is 11.1. The van der Waals surface area contributed by atoms with Crippen molar-refractivity contribution in [1.82, 2.24) is 5.32 Å². The van der Waals surface area contributed by atoms with Gasteiger partial charge in [0.25, 0.3) is 0 Å². The predicted molar refractivity (Wildman–Crippen MR) is 99.5 cm³/mol. The maximum absolute atomic E-state index is 11.1. The third kappa shape index (κ3) is 3.45. The second-order valence-electron chi connectivity index (χ2n) is 5.54. The SMILES string of the molecule is CC(=O)NCCc1c(Br)c(-c2ccccc2)cc2ccccc12. The molecule has 2 nitrogen and oxygen atoms in total. The summed E-state index contributed by atoms with van der Waals surface area (Å²) in [5.41, 5.74) is 3.60. The van der Waals surface area contributed by atoms with Gasteiger partial charge in [-0.15, -0.1) is 0 Å². The molecule has 0 bridgehead atoms. The molecular weight excluding hydrogens is 350 g/mol. The van der Waals surface area contributed by atoms with Crippen LogP contribution in [-0.2, 0) is 11.2 Å². The van der Waals surface area contributed by atoms with E-state index >= 15 is 0 Å². The number of nitrogens with one attached hydrogen (secondary N) is 1. The van der Waals surface area contributed by atoms with Gasteiger partial charge in [0.1, 0.15) is 0 Å². The molecule has 0 aliphatic heterocycles. The van der Waals surface area contributed by atoms with Gasteiger partial charge in [-0.2, -0.15) is 0 Å². The summed E-state index contributed by atoms with van der Waals surface area (Å²) in [5.74, 6) is 0.00430. The molecule has 0 fully saturated rings. The predicted octanol–water partition coefficient (Wildman–Crippen LogP) is 4.95. The molecule has 3 aromatic rings. The lowest BCUT2D eigenvalue weighted by Crippen LogP contribution is -2.22. The number of rotatable bonds is 4. The highest BCUT2D eigenvalue weighted by molar-refractivity contribution is 9.10. The smallest absolute Gasteiger partial charge is 0.216 e. The van der Waals surface area contributed by atoms with Gasteiger partial charge >= 0.3 is 0 Å². The van der Waals surface area contributed by atoms with Crippen LogP contribution in [0.4, 0.5) is 0 Å². The molecule has 3 heteroatoms. The fourth-order valence-electron chi connectivity index (χ4n) is 2.83. The van der Waals surface area contributed by atoms with Gasteiger partial charge in [-0.3, -0.25) is 4.79 Å². The Balaban J connectivity index is 2.12. The largest absolute Gasteiger partial charge is 0.356 e. The standard InChI is InChI=1S/C20H18BrNO/c1-14(23)22-12-11-18-17-10-6-5-9-16(17)13-19(20(18)21)15-7-3-2-4-8-15/h2-10,13H,11-12H2,1H3,(H,22,23). The monoisotopic (exact) mass is 367 g/mol. The number of carbonyl (C=O) groups is 1. The molecule has 0 atom stereocenters. The van der Waals surface area contributed by atoms with Gasteiger partial charge in [-0.25, -0.2) is 0 Å². The number of benzene rings is 3. The average Bonchev–Trinajstić information content (AvgIpc) is 2.57. The zero-order valence-corrected chi connectivity index (χ0v) is 14.6. The van der Waals surface area contributed by atoms with Crippen molar-refractivity contribution >= 4 is 32.6 Å². The number of amides is 1. The highest BCUT2D eigenvalue weighted by Crippen LogP contribution is 2.36. The summed E-state index contributed by atoms with van der Waals surface area (Å²) in [6.45, 7) is 2.18. The molecule has 0 aliphatic carbocycles. The van der Waals surface area contributed by atoms with E-state index in [2.05, 4.69) is 63.7 Å². The van der Waals surface area contributed by atoms with Crippen molar-refractivity contribution in [1.29, 1.82) is 0 Å². The lowest BCUT2D eigenvalue weighted by molar-refractivity contribution is -0.118. The molecule has 0 unspecified atom stereocenters. The number of hydrogen-bond donors (Lipinski definition) is 1. The minimum absolute atomic E-state index is 0.00430. The van der Waals surface area contributed by atoms with Gasteiger partial charge in [0, 0.05) is 17.9 Å². The van der Waals surface area contributed by atoms with Crippen molar-refractivity contribution in [3.63, 3.8) is 0 Å². The van der Waals surface area contributed by atoms with E-state index in [-0.39, 0.29) is 5.91 Å². The van der Waals surface area contributed by atoms with Gasteiger partial charge in [-0.05, 0) is 55.9 Å². The zero-order chi connectivity index (χ0) is 16.2. The van der Waals surface area contributed by atoms with E-state index in [0.29, 0.717) is 6.54 Å². The second kappa shape index (κ2) is 6.97. The summed E-state index contributed by atoms with van der Waals surface area (Å²) >= 11 is 3.79. The van der Waals surface area contributed by atoms with Crippen LogP contribution >= 0.6 is 15.9 Å². The topological polar surface area (TPSA) is 29.1 Å². The molecule has 1 amide bonds. The quantitative estimate of drug-likeness (QED) is 0.694. The fraction of sp³-hybridized carbons (Fsp3) is 0.150. The van der Waals surface area contributed by atoms with E-state index in [4.69, 9.17) is 0 Å². The normalized spacial score (nSPS) is 10.7. The van der Waals surface area contributed by atoms with Gasteiger partial charge in [0.2, 0.25) is 5.91 Å². The Morgan fingerprint density at radius 3 is 2.48 bits per heavy atom. The zero-order valence-electron chi connectivity index (χ0n) is 13.0. The summed E-state index contributed by atoms with van der Waals surface area (Å²) in [4.78, 5) is 11.1. The van der Waals surface area contributed by atoms with Gasteiger partial charge in [0.05, 0.1) is 0 Å². The lowest BCUT2D eigenvalue weighted by Gasteiger charge is -2.15. The first-order chi connectivity index (χ1) is 11.2. The Kier molecular flexibility index (Phi) is 4.77. The molecule has 0 radical (unpaired) electrons. The van der Waals surface area contributed by atoms with Gasteiger partial charge < -0.3 is 5.32 Å². The third-order valence-electron chi connectivity index (χ3n) is 3.92. The molecule has 0 aromatic heterocycles. The Morgan fingerprint density at radius 1 is 1.04 bits per heavy atom. The summed E-state index contributed by atoms with van der Waals surface area (Å²) in [6.07, 6.45) is 0.793. The highest BCUT2D eigenvalue weighted by Gasteiger charge is 2.12. The lowest BCUT2D eigenvalue weighted by atomic mass is 9.95. The molecule has 116 valence electrons. The van der Waals surface area contributed by atoms with Crippen molar-refractivity contribution in [2.45, 2.75) is 13.3 Å². The van der Waals surface area contributed by atoms with Crippen LogP contribution in [0.15, 0.2) is 65.1 Å². The molecule has 0 spiro atoms. The first-order valence-electron chi connectivity index (χ1n) is 7.67. The van der Waals surface area contributed by atoms with Crippen LogP contribution in [0.1, 0.15) is 12.5 Å². The number of carbonyl (C=O) groups excluding carboxylic acids is 1. The highest BCUT2D eigenvalue weighted by atomic mass is 79.9. The molecule has 3 rings (SSSR count). The van der Waals surface area contributed by atoms with E-state index < -0.39 is 0 Å². The van der Waals surface area contributed by atoms with E-state index in [1.807, 2.05) is 18.2 Å². The Morgan fingerprint density at radius 2 is 1.74 bits per heavy atom. The van der Waals surface area contributed by atoms with Crippen molar-refractivity contribution in [2.24, 2.45) is 0 Å². The van der Waals surface area contributed by atoms with Crippen LogP contribution in [0.5, 0.6) is 0 Å². The second-order valence-corrected chi connectivity index (χ2v) is 6.33. The molecule has 0 saturated carbocycles. The van der Waals surface area contributed by atoms with Gasteiger partial charge in [-0.1, -0.05) is 54.6 Å². The van der Waals surface area contributed by atoms with Crippen molar-refractivity contribution in [3.8, 4) is 11.1 Å². The summed E-state index contributed by atoms with van der Waals surface area (Å²) in [5, 5.41) is 5.33. The molecule has 0 heterocycles. The molecule has 23 heavy (non-hydrogen) atoms. The van der Waals surface area contributed by atoms with Crippen LogP contribution in [0.25, 0.3) is 21.9 Å². The maximum Gasteiger partial charge on any atom is 0.216 e. The molecular formula is C20H18BrNO. The van der Waals surface area contributed by atoms with E-state index in [9.17, 15) is 4.79 Å². The minimum atomic E-state index is 0.00430. The molecule has 0 saturated heterocycles. The van der Waals surface area contributed by atoms with E-state index in [0.717, 1.165) is 10.9 Å². The minimum Gasteiger partial charge on any atom is -0.356 e. The van der Waals surface area contributed by atoms with Crippen molar-refractivity contribution in [2.75, 3.05) is 6.54 Å². The van der Waals surface area contributed by atoms with E-state index in [1.165, 1.54) is 27.5 Å². The summed E-state index contributed by atoms with van der Waals surface area (Å²) in [7, 11) is 0. The Labute approximate surface area is 144 Å². The molecule has 1 N–H and O–H groups in total. The van der Waals surface area contributed by atoms with Gasteiger partial charge in [0.15, 0.2) is 0 Å². The van der Waals surface area contributed by atoms with E-state index in [1.54, 1.807) is 6.92 Å². The molecule has 0 aliphatic rings. The van der Waals surface area contributed by atoms with Crippen LogP contribution in [0, 0.1) is 0 Å². The third-order valence-corrected chi connectivity index (χ3v) is 4.83. The summed E-state index contributed by atoms with van der Waals surface area (Å²) < 4.78 is 1.10. The summed E-state index contributed by atoms with van der Waals surface area (Å²) in [6, 6.07) is 21.0. The van der Waals surface area contributed by atoms with Crippen LogP contribution in [0.3, 0.4) is 0 Å². The Hall–Kier alpha value is -2.13. The van der Waals surface area contributed by atoms with Crippen molar-refractivity contribution < 1.29 is 4.79 Å². The first-order valence-corrected chi connectivity index (χ1v) is 8.46. The van der Waals surface area contributed by atoms with Crippen molar-refractivity contribution in [3.05, 3.63) is 70.7 Å². The number of hydrogen-bond acceptors (Lipinski definition) is 1. The Bertz CT molecular complexity index is 843. The van der Waals surface area contributed by atoms with Crippen LogP contribution in [-0.4, -0.2) is 12.5 Å². The number of fused-ring (bicyclic) bond motifs is 1. The van der Waals surface area contributed by atoms with Crippen LogP contribution in [0.2, 0.25) is 0 Å². The number of halogens is 1. The fourth-order valence-corrected chi connectivity index (χ4v) is 3.59.